The molecule has 5 heteroatoms. The van der Waals surface area contributed by atoms with Gasteiger partial charge in [0.15, 0.2) is 0 Å². The molecule has 1 unspecified atom stereocenters. The van der Waals surface area contributed by atoms with Gasteiger partial charge in [0, 0.05) is 24.5 Å². The van der Waals surface area contributed by atoms with E-state index in [4.69, 9.17) is 0 Å². The Hall–Kier alpha value is -2.04. The Labute approximate surface area is 143 Å². The van der Waals surface area contributed by atoms with Gasteiger partial charge in [0.2, 0.25) is 5.91 Å². The molecule has 3 rings (SSSR count). The number of carbonyl (C=O) groups excluding carboxylic acids is 1. The van der Waals surface area contributed by atoms with Crippen LogP contribution in [0, 0.1) is 5.92 Å². The van der Waals surface area contributed by atoms with Crippen molar-refractivity contribution < 1.29 is 14.7 Å². The van der Waals surface area contributed by atoms with E-state index in [9.17, 15) is 14.7 Å². The van der Waals surface area contributed by atoms with Crippen molar-refractivity contribution in [3.63, 3.8) is 0 Å². The molecule has 1 aliphatic heterocycles. The van der Waals surface area contributed by atoms with Crippen LogP contribution < -0.4 is 5.32 Å². The highest BCUT2D eigenvalue weighted by Crippen LogP contribution is 2.52. The molecule has 0 radical (unpaired) electrons. The van der Waals surface area contributed by atoms with Crippen LogP contribution >= 0.6 is 0 Å². The molecule has 2 fully saturated rings. The van der Waals surface area contributed by atoms with E-state index in [0.717, 1.165) is 12.8 Å². The van der Waals surface area contributed by atoms with Crippen LogP contribution in [0.5, 0.6) is 0 Å². The Morgan fingerprint density at radius 3 is 2.67 bits per heavy atom. The number of benzene rings is 1. The molecule has 1 aromatic carbocycles. The van der Waals surface area contributed by atoms with Crippen molar-refractivity contribution in [1.29, 1.82) is 0 Å². The highest BCUT2D eigenvalue weighted by Gasteiger charge is 2.46. The van der Waals surface area contributed by atoms with Crippen LogP contribution in [0.1, 0.15) is 51.0 Å². The van der Waals surface area contributed by atoms with Crippen LogP contribution in [0.4, 0.5) is 4.79 Å². The molecule has 0 spiro atoms. The number of rotatable bonds is 5. The number of hydrogen-bond donors (Lipinski definition) is 2. The third kappa shape index (κ3) is 3.55. The number of hydrogen-bond acceptors (Lipinski definition) is 2. The molecule has 1 aliphatic carbocycles. The molecule has 3 atom stereocenters. The smallest absolute Gasteiger partial charge is 0.408 e. The molecule has 0 aromatic heterocycles. The van der Waals surface area contributed by atoms with Crippen molar-refractivity contribution >= 4 is 12.0 Å². The average Bonchev–Trinajstić information content (AvgIpc) is 3.26. The van der Waals surface area contributed by atoms with E-state index in [1.165, 1.54) is 10.5 Å². The second-order valence-electron chi connectivity index (χ2n) is 7.68. The van der Waals surface area contributed by atoms with Gasteiger partial charge in [-0.15, -0.1) is 0 Å². The van der Waals surface area contributed by atoms with Crippen molar-refractivity contribution in [2.75, 3.05) is 6.54 Å². The molecule has 1 aromatic rings. The van der Waals surface area contributed by atoms with Crippen LogP contribution in [0.2, 0.25) is 0 Å². The number of carboxylic acid groups (broad SMARTS) is 1. The summed E-state index contributed by atoms with van der Waals surface area (Å²) in [6.07, 6.45) is 1.98. The van der Waals surface area contributed by atoms with Gasteiger partial charge in [-0.3, -0.25) is 9.69 Å². The molecule has 130 valence electrons. The van der Waals surface area contributed by atoms with Crippen LogP contribution in [-0.4, -0.2) is 40.1 Å². The Kier molecular flexibility index (Phi) is 4.52. The van der Waals surface area contributed by atoms with Crippen LogP contribution in [0.25, 0.3) is 0 Å². The summed E-state index contributed by atoms with van der Waals surface area (Å²) in [6, 6.07) is 10.2. The topological polar surface area (TPSA) is 69.6 Å². The summed E-state index contributed by atoms with van der Waals surface area (Å²) in [5, 5.41) is 12.5. The normalized spacial score (nSPS) is 26.6. The average molecular weight is 330 g/mol. The predicted molar refractivity (Wildman–Crippen MR) is 91.9 cm³/mol. The summed E-state index contributed by atoms with van der Waals surface area (Å²) >= 11 is 0. The zero-order valence-corrected chi connectivity index (χ0v) is 14.4. The van der Waals surface area contributed by atoms with E-state index in [0.29, 0.717) is 24.8 Å². The Morgan fingerprint density at radius 1 is 1.33 bits per heavy atom. The first-order valence-electron chi connectivity index (χ1n) is 8.72. The van der Waals surface area contributed by atoms with Gasteiger partial charge in [-0.05, 0) is 50.5 Å². The van der Waals surface area contributed by atoms with Gasteiger partial charge < -0.3 is 10.4 Å². The van der Waals surface area contributed by atoms with E-state index < -0.39 is 11.6 Å². The predicted octanol–water partition coefficient (Wildman–Crippen LogP) is 3.22. The molecule has 2 N–H and O–H groups in total. The fourth-order valence-electron chi connectivity index (χ4n) is 4.22. The van der Waals surface area contributed by atoms with E-state index in [2.05, 4.69) is 29.6 Å². The first-order chi connectivity index (χ1) is 11.4. The standard InChI is InChI=1S/C19H26N2O3/c1-19(2,12-14-10-16(14)13-6-4-3-5-7-13)21(18(23)24)15-8-9-20-17(22)11-15/h3-7,14-16H,8-12H2,1-2H3,(H,20,22)(H,23,24)/t14-,15?,16-/m1/s1. The number of carbonyl (C=O) groups is 2. The maximum absolute atomic E-state index is 11.9. The van der Waals surface area contributed by atoms with Gasteiger partial charge >= 0.3 is 6.09 Å². The molecular weight excluding hydrogens is 304 g/mol. The minimum Gasteiger partial charge on any atom is -0.465 e. The SMILES string of the molecule is CC(C)(C[C@H]1C[C@@H]1c1ccccc1)N(C(=O)O)C1CCNC(=O)C1. The first kappa shape index (κ1) is 16.8. The van der Waals surface area contributed by atoms with Crippen molar-refractivity contribution in [2.45, 2.75) is 57.0 Å². The molecule has 2 aliphatic rings. The van der Waals surface area contributed by atoms with Crippen molar-refractivity contribution in [3.8, 4) is 0 Å². The lowest BCUT2D eigenvalue weighted by Gasteiger charge is -2.43. The fraction of sp³-hybridized carbons (Fsp3) is 0.579. The quantitative estimate of drug-likeness (QED) is 0.871. The summed E-state index contributed by atoms with van der Waals surface area (Å²) in [5.41, 5.74) is 0.875. The fourth-order valence-corrected chi connectivity index (χ4v) is 4.22. The van der Waals surface area contributed by atoms with E-state index in [1.807, 2.05) is 19.9 Å². The second-order valence-corrected chi connectivity index (χ2v) is 7.68. The number of nitrogens with one attached hydrogen (secondary N) is 1. The molecule has 5 nitrogen and oxygen atoms in total. The van der Waals surface area contributed by atoms with Crippen LogP contribution in [0.3, 0.4) is 0 Å². The Morgan fingerprint density at radius 2 is 2.04 bits per heavy atom. The van der Waals surface area contributed by atoms with Gasteiger partial charge in [-0.1, -0.05) is 30.3 Å². The number of amides is 2. The third-order valence-corrected chi connectivity index (χ3v) is 5.36. The first-order valence-corrected chi connectivity index (χ1v) is 8.72. The lowest BCUT2D eigenvalue weighted by Crippen LogP contribution is -2.56. The van der Waals surface area contributed by atoms with Crippen molar-refractivity contribution in [3.05, 3.63) is 35.9 Å². The van der Waals surface area contributed by atoms with E-state index >= 15 is 0 Å². The van der Waals surface area contributed by atoms with Crippen LogP contribution in [0.15, 0.2) is 30.3 Å². The van der Waals surface area contributed by atoms with Crippen molar-refractivity contribution in [1.82, 2.24) is 10.2 Å². The summed E-state index contributed by atoms with van der Waals surface area (Å²) in [4.78, 5) is 25.1. The Bertz CT molecular complexity index is 614. The zero-order valence-electron chi connectivity index (χ0n) is 14.4. The van der Waals surface area contributed by atoms with Gasteiger partial charge in [0.1, 0.15) is 0 Å². The molecule has 2 amide bonds. The van der Waals surface area contributed by atoms with Crippen molar-refractivity contribution in [2.24, 2.45) is 5.92 Å². The third-order valence-electron chi connectivity index (χ3n) is 5.36. The molecular formula is C19H26N2O3. The minimum absolute atomic E-state index is 0.0538. The summed E-state index contributed by atoms with van der Waals surface area (Å²) in [5.74, 6) is 0.999. The van der Waals surface area contributed by atoms with Gasteiger partial charge in [-0.25, -0.2) is 4.79 Å². The zero-order chi connectivity index (χ0) is 17.3. The van der Waals surface area contributed by atoms with E-state index in [1.54, 1.807) is 0 Å². The highest BCUT2D eigenvalue weighted by molar-refractivity contribution is 5.78. The minimum atomic E-state index is -0.920. The van der Waals surface area contributed by atoms with E-state index in [-0.39, 0.29) is 18.4 Å². The largest absolute Gasteiger partial charge is 0.465 e. The molecule has 1 saturated heterocycles. The lowest BCUT2D eigenvalue weighted by atomic mass is 9.90. The molecule has 0 bridgehead atoms. The number of piperidine rings is 1. The second kappa shape index (κ2) is 6.46. The van der Waals surface area contributed by atoms with Gasteiger partial charge in [-0.2, -0.15) is 0 Å². The molecule has 1 heterocycles. The number of nitrogens with zero attached hydrogens (tertiary/aromatic N) is 1. The van der Waals surface area contributed by atoms with Crippen LogP contribution in [-0.2, 0) is 4.79 Å². The maximum atomic E-state index is 11.9. The monoisotopic (exact) mass is 330 g/mol. The highest BCUT2D eigenvalue weighted by atomic mass is 16.4. The lowest BCUT2D eigenvalue weighted by molar-refractivity contribution is -0.124. The van der Waals surface area contributed by atoms with Gasteiger partial charge in [0.25, 0.3) is 0 Å². The molecule has 24 heavy (non-hydrogen) atoms. The molecule has 1 saturated carbocycles. The summed E-state index contributed by atoms with van der Waals surface area (Å²) < 4.78 is 0. The Balaban J connectivity index is 1.68. The maximum Gasteiger partial charge on any atom is 0.408 e. The summed E-state index contributed by atoms with van der Waals surface area (Å²) in [6.45, 7) is 4.54. The van der Waals surface area contributed by atoms with Gasteiger partial charge in [0.05, 0.1) is 0 Å². The summed E-state index contributed by atoms with van der Waals surface area (Å²) in [7, 11) is 0.